The van der Waals surface area contributed by atoms with E-state index in [0.717, 1.165) is 17.8 Å². The number of carbonyl (C=O) groups is 1. The number of benzene rings is 1. The Morgan fingerprint density at radius 3 is 2.78 bits per heavy atom. The molecule has 2 rings (SSSR count). The number of hydrogen-bond donors (Lipinski definition) is 1. The van der Waals surface area contributed by atoms with Crippen molar-refractivity contribution in [1.82, 2.24) is 10.2 Å². The highest BCUT2D eigenvalue weighted by Crippen LogP contribution is 2.20. The first-order valence-corrected chi connectivity index (χ1v) is 6.03. The van der Waals surface area contributed by atoms with Crippen LogP contribution in [0.1, 0.15) is 5.56 Å². The summed E-state index contributed by atoms with van der Waals surface area (Å²) in [6.45, 7) is 2.35. The Labute approximate surface area is 106 Å². The van der Waals surface area contributed by atoms with E-state index in [1.165, 1.54) is 12.1 Å². The van der Waals surface area contributed by atoms with Gasteiger partial charge in [0.05, 0.1) is 6.54 Å². The largest absolute Gasteiger partial charge is 0.360 e. The highest BCUT2D eigenvalue weighted by Gasteiger charge is 2.21. The molecule has 5 heteroatoms. The summed E-state index contributed by atoms with van der Waals surface area (Å²) in [6, 6.07) is 4.92. The molecule has 18 heavy (non-hydrogen) atoms. The molecule has 1 heterocycles. The van der Waals surface area contributed by atoms with Gasteiger partial charge in [0.1, 0.15) is 5.82 Å². The fraction of sp³-hybridized carbons (Fsp3) is 0.462. The minimum Gasteiger partial charge on any atom is -0.360 e. The summed E-state index contributed by atoms with van der Waals surface area (Å²) < 4.78 is 13.5. The van der Waals surface area contributed by atoms with Crippen LogP contribution in [0.25, 0.3) is 0 Å². The number of nitrogens with one attached hydrogen (secondary N) is 1. The van der Waals surface area contributed by atoms with Gasteiger partial charge in [-0.2, -0.15) is 0 Å². The van der Waals surface area contributed by atoms with E-state index in [-0.39, 0.29) is 11.7 Å². The molecule has 1 aliphatic heterocycles. The maximum Gasteiger partial charge on any atom is 0.241 e. The number of anilines is 1. The molecule has 1 aromatic rings. The van der Waals surface area contributed by atoms with Crippen LogP contribution in [0.4, 0.5) is 10.1 Å². The Bertz CT molecular complexity index is 450. The lowest BCUT2D eigenvalue weighted by atomic mass is 10.1. The van der Waals surface area contributed by atoms with Crippen molar-refractivity contribution in [3.63, 3.8) is 0 Å². The lowest BCUT2D eigenvalue weighted by Gasteiger charge is -2.33. The van der Waals surface area contributed by atoms with Gasteiger partial charge < -0.3 is 15.1 Å². The quantitative estimate of drug-likeness (QED) is 0.864. The van der Waals surface area contributed by atoms with Crippen molar-refractivity contribution in [2.24, 2.45) is 0 Å². The summed E-state index contributed by atoms with van der Waals surface area (Å²) in [5.74, 6) is -0.190. The Morgan fingerprint density at radius 2 is 2.11 bits per heavy atom. The van der Waals surface area contributed by atoms with Crippen LogP contribution in [0, 0.1) is 5.82 Å². The van der Waals surface area contributed by atoms with E-state index in [9.17, 15) is 9.18 Å². The summed E-state index contributed by atoms with van der Waals surface area (Å²) in [7, 11) is 3.61. The maximum atomic E-state index is 13.5. The molecule has 1 aliphatic rings. The molecule has 0 aliphatic carbocycles. The Morgan fingerprint density at radius 1 is 1.33 bits per heavy atom. The van der Waals surface area contributed by atoms with E-state index in [1.54, 1.807) is 11.9 Å². The van der Waals surface area contributed by atoms with Crippen LogP contribution in [0.2, 0.25) is 0 Å². The van der Waals surface area contributed by atoms with Gasteiger partial charge in [-0.25, -0.2) is 4.39 Å². The number of carbonyl (C=O) groups excluding carboxylic acids is 1. The molecule has 1 N–H and O–H groups in total. The molecule has 0 atom stereocenters. The van der Waals surface area contributed by atoms with Gasteiger partial charge in [0.15, 0.2) is 0 Å². The smallest absolute Gasteiger partial charge is 0.241 e. The van der Waals surface area contributed by atoms with E-state index in [4.69, 9.17) is 0 Å². The fourth-order valence-electron chi connectivity index (χ4n) is 2.10. The number of rotatable bonds is 3. The van der Waals surface area contributed by atoms with Gasteiger partial charge in [0.2, 0.25) is 5.91 Å². The highest BCUT2D eigenvalue weighted by molar-refractivity contribution is 5.82. The molecule has 0 saturated carbocycles. The number of amides is 1. The van der Waals surface area contributed by atoms with E-state index in [1.807, 2.05) is 18.0 Å². The van der Waals surface area contributed by atoms with Gasteiger partial charge in [-0.3, -0.25) is 4.79 Å². The highest BCUT2D eigenvalue weighted by atomic mass is 19.1. The second-order valence-corrected chi connectivity index (χ2v) is 4.58. The van der Waals surface area contributed by atoms with Gasteiger partial charge in [-0.05, 0) is 30.8 Å². The standard InChI is InChI=1S/C13H18FN3O/c1-15-8-10-5-11(14)7-12(6-10)17-4-3-16(2)13(18)9-17/h5-7,15H,3-4,8-9H2,1-2H3. The Hall–Kier alpha value is -1.62. The molecular weight excluding hydrogens is 233 g/mol. The monoisotopic (exact) mass is 251 g/mol. The normalized spacial score (nSPS) is 16.3. The van der Waals surface area contributed by atoms with Crippen LogP contribution in [-0.4, -0.2) is 44.5 Å². The van der Waals surface area contributed by atoms with Crippen molar-refractivity contribution >= 4 is 11.6 Å². The lowest BCUT2D eigenvalue weighted by Crippen LogP contribution is -2.48. The molecule has 4 nitrogen and oxygen atoms in total. The van der Waals surface area contributed by atoms with Crippen molar-refractivity contribution < 1.29 is 9.18 Å². The third-order valence-electron chi connectivity index (χ3n) is 3.15. The molecule has 98 valence electrons. The van der Waals surface area contributed by atoms with Crippen LogP contribution < -0.4 is 10.2 Å². The average molecular weight is 251 g/mol. The van der Waals surface area contributed by atoms with Crippen LogP contribution in [0.5, 0.6) is 0 Å². The third kappa shape index (κ3) is 2.79. The van der Waals surface area contributed by atoms with Crippen molar-refractivity contribution in [3.05, 3.63) is 29.6 Å². The first-order chi connectivity index (χ1) is 8.60. The Balaban J connectivity index is 2.19. The number of likely N-dealkylation sites (N-methyl/N-ethyl adjacent to an activating group) is 1. The molecule has 0 aromatic heterocycles. The predicted molar refractivity (Wildman–Crippen MR) is 69.0 cm³/mol. The molecule has 0 spiro atoms. The van der Waals surface area contributed by atoms with Crippen molar-refractivity contribution in [2.75, 3.05) is 38.6 Å². The molecule has 1 aromatic carbocycles. The second-order valence-electron chi connectivity index (χ2n) is 4.58. The predicted octanol–water partition coefficient (Wildman–Crippen LogP) is 0.823. The minimum atomic E-state index is -0.260. The summed E-state index contributed by atoms with van der Waals surface area (Å²) in [4.78, 5) is 15.3. The summed E-state index contributed by atoms with van der Waals surface area (Å²) in [6.07, 6.45) is 0. The van der Waals surface area contributed by atoms with Gasteiger partial charge in [-0.15, -0.1) is 0 Å². The average Bonchev–Trinajstić information content (AvgIpc) is 2.32. The number of halogens is 1. The Kier molecular flexibility index (Phi) is 3.81. The number of piperazine rings is 1. The maximum absolute atomic E-state index is 13.5. The molecule has 0 radical (unpaired) electrons. The third-order valence-corrected chi connectivity index (χ3v) is 3.15. The summed E-state index contributed by atoms with van der Waals surface area (Å²) in [5.41, 5.74) is 1.67. The fourth-order valence-corrected chi connectivity index (χ4v) is 2.10. The molecule has 1 amide bonds. The number of nitrogens with zero attached hydrogens (tertiary/aromatic N) is 2. The van der Waals surface area contributed by atoms with Crippen molar-refractivity contribution in [2.45, 2.75) is 6.54 Å². The molecule has 0 bridgehead atoms. The summed E-state index contributed by atoms with van der Waals surface area (Å²) in [5, 5.41) is 3.00. The van der Waals surface area contributed by atoms with Gasteiger partial charge in [0, 0.05) is 32.4 Å². The molecule has 1 saturated heterocycles. The van der Waals surface area contributed by atoms with Crippen molar-refractivity contribution in [3.8, 4) is 0 Å². The molecule has 1 fully saturated rings. The van der Waals surface area contributed by atoms with E-state index >= 15 is 0 Å². The van der Waals surface area contributed by atoms with Crippen LogP contribution >= 0.6 is 0 Å². The molecular formula is C13H18FN3O. The van der Waals surface area contributed by atoms with Gasteiger partial charge in [0.25, 0.3) is 0 Å². The first-order valence-electron chi connectivity index (χ1n) is 6.03. The summed E-state index contributed by atoms with van der Waals surface area (Å²) >= 11 is 0. The van der Waals surface area contributed by atoms with E-state index in [0.29, 0.717) is 19.6 Å². The van der Waals surface area contributed by atoms with Crippen LogP contribution in [0.15, 0.2) is 18.2 Å². The van der Waals surface area contributed by atoms with Crippen LogP contribution in [-0.2, 0) is 11.3 Å². The van der Waals surface area contributed by atoms with Gasteiger partial charge in [-0.1, -0.05) is 0 Å². The topological polar surface area (TPSA) is 35.6 Å². The van der Waals surface area contributed by atoms with E-state index in [2.05, 4.69) is 5.32 Å². The van der Waals surface area contributed by atoms with Crippen LogP contribution in [0.3, 0.4) is 0 Å². The zero-order chi connectivity index (χ0) is 13.1. The minimum absolute atomic E-state index is 0.0701. The SMILES string of the molecule is CNCc1cc(F)cc(N2CCN(C)C(=O)C2)c1. The van der Waals surface area contributed by atoms with Crippen molar-refractivity contribution in [1.29, 1.82) is 0 Å². The number of hydrogen-bond acceptors (Lipinski definition) is 3. The van der Waals surface area contributed by atoms with Gasteiger partial charge >= 0.3 is 0 Å². The lowest BCUT2D eigenvalue weighted by molar-refractivity contribution is -0.129. The second kappa shape index (κ2) is 5.35. The first kappa shape index (κ1) is 12.8. The zero-order valence-corrected chi connectivity index (χ0v) is 10.7. The molecule has 0 unspecified atom stereocenters. The van der Waals surface area contributed by atoms with E-state index < -0.39 is 0 Å². The zero-order valence-electron chi connectivity index (χ0n) is 10.7.